The molecule has 0 aliphatic rings. The number of hydrogen-bond acceptors (Lipinski definition) is 7. The fraction of sp³-hybridized carbons (Fsp3) is 0.429. The standard InChI is InChI=1S/C21H28N8S/c1-5-14(3)8-22-10-17-7-19(30-27-17)26-20-21-23-11-18(29(21)12-15(4)25-20)16-9-24-28(6-2)13-16/h7,9,11-14,22H,5-6,8,10H2,1-4H3,(H,25,26). The van der Waals surface area contributed by atoms with Crippen LogP contribution in [0.25, 0.3) is 16.9 Å². The second kappa shape index (κ2) is 8.93. The van der Waals surface area contributed by atoms with E-state index in [9.17, 15) is 0 Å². The van der Waals surface area contributed by atoms with E-state index in [0.29, 0.717) is 5.92 Å². The Labute approximate surface area is 180 Å². The zero-order chi connectivity index (χ0) is 21.1. The van der Waals surface area contributed by atoms with Crippen molar-refractivity contribution in [3.05, 3.63) is 42.2 Å². The van der Waals surface area contributed by atoms with E-state index in [1.165, 1.54) is 18.0 Å². The average molecular weight is 425 g/mol. The lowest BCUT2D eigenvalue weighted by atomic mass is 10.1. The highest BCUT2D eigenvalue weighted by atomic mass is 32.1. The van der Waals surface area contributed by atoms with Gasteiger partial charge in [0.1, 0.15) is 5.00 Å². The summed E-state index contributed by atoms with van der Waals surface area (Å²) in [6, 6.07) is 2.07. The maximum atomic E-state index is 4.68. The van der Waals surface area contributed by atoms with Gasteiger partial charge in [0.25, 0.3) is 0 Å². The molecular weight excluding hydrogens is 396 g/mol. The van der Waals surface area contributed by atoms with Gasteiger partial charge in [0.05, 0.1) is 29.5 Å². The minimum Gasteiger partial charge on any atom is -0.328 e. The highest BCUT2D eigenvalue weighted by Gasteiger charge is 2.14. The Morgan fingerprint density at radius 2 is 2.07 bits per heavy atom. The summed E-state index contributed by atoms with van der Waals surface area (Å²) in [5, 5.41) is 12.2. The first-order chi connectivity index (χ1) is 14.6. The topological polar surface area (TPSA) is 85.0 Å². The molecule has 0 spiro atoms. The molecule has 0 amide bonds. The van der Waals surface area contributed by atoms with E-state index in [2.05, 4.69) is 61.3 Å². The van der Waals surface area contributed by atoms with Crippen LogP contribution in [-0.4, -0.2) is 35.1 Å². The zero-order valence-corrected chi connectivity index (χ0v) is 18.7. The van der Waals surface area contributed by atoms with Crippen LogP contribution in [0.2, 0.25) is 0 Å². The number of anilines is 2. The molecular formula is C21H28N8S. The van der Waals surface area contributed by atoms with Gasteiger partial charge in [0.15, 0.2) is 11.5 Å². The predicted octanol–water partition coefficient (Wildman–Crippen LogP) is 4.26. The minimum absolute atomic E-state index is 0.671. The smallest absolute Gasteiger partial charge is 0.180 e. The Kier molecular flexibility index (Phi) is 6.10. The van der Waals surface area contributed by atoms with Gasteiger partial charge in [-0.1, -0.05) is 20.3 Å². The van der Waals surface area contributed by atoms with E-state index in [0.717, 1.165) is 58.7 Å². The molecule has 9 heteroatoms. The second-order valence-electron chi connectivity index (χ2n) is 7.60. The summed E-state index contributed by atoms with van der Waals surface area (Å²) in [6.45, 7) is 11.1. The van der Waals surface area contributed by atoms with E-state index in [1.807, 2.05) is 36.4 Å². The third-order valence-electron chi connectivity index (χ3n) is 5.16. The van der Waals surface area contributed by atoms with Crippen molar-refractivity contribution in [3.63, 3.8) is 0 Å². The summed E-state index contributed by atoms with van der Waals surface area (Å²) in [4.78, 5) is 9.30. The van der Waals surface area contributed by atoms with Crippen molar-refractivity contribution < 1.29 is 0 Å². The third kappa shape index (κ3) is 4.36. The number of fused-ring (bicyclic) bond motifs is 1. The molecule has 0 fully saturated rings. The Balaban J connectivity index is 1.55. The van der Waals surface area contributed by atoms with Crippen molar-refractivity contribution in [2.24, 2.45) is 5.92 Å². The lowest BCUT2D eigenvalue weighted by Crippen LogP contribution is -2.20. The molecule has 0 bridgehead atoms. The van der Waals surface area contributed by atoms with Gasteiger partial charge in [-0.3, -0.25) is 9.08 Å². The van der Waals surface area contributed by atoms with Gasteiger partial charge in [-0.15, -0.1) is 0 Å². The van der Waals surface area contributed by atoms with E-state index in [1.54, 1.807) is 0 Å². The first-order valence-corrected chi connectivity index (χ1v) is 11.2. The van der Waals surface area contributed by atoms with Crippen molar-refractivity contribution in [1.29, 1.82) is 0 Å². The summed E-state index contributed by atoms with van der Waals surface area (Å²) in [5.74, 6) is 1.40. The molecule has 158 valence electrons. The fourth-order valence-electron chi connectivity index (χ4n) is 3.24. The summed E-state index contributed by atoms with van der Waals surface area (Å²) >= 11 is 1.44. The molecule has 4 aromatic rings. The number of aryl methyl sites for hydroxylation is 2. The molecule has 4 aromatic heterocycles. The molecule has 0 aromatic carbocycles. The lowest BCUT2D eigenvalue weighted by molar-refractivity contribution is 0.498. The van der Waals surface area contributed by atoms with Crippen molar-refractivity contribution in [2.45, 2.75) is 47.2 Å². The zero-order valence-electron chi connectivity index (χ0n) is 17.9. The average Bonchev–Trinajstić information content (AvgIpc) is 3.47. The molecule has 1 unspecified atom stereocenters. The van der Waals surface area contributed by atoms with Crippen LogP contribution in [-0.2, 0) is 13.1 Å². The van der Waals surface area contributed by atoms with Gasteiger partial charge in [0, 0.05) is 31.0 Å². The first-order valence-electron chi connectivity index (χ1n) is 10.4. The quantitative estimate of drug-likeness (QED) is 0.418. The molecule has 30 heavy (non-hydrogen) atoms. The van der Waals surface area contributed by atoms with Crippen LogP contribution in [0.3, 0.4) is 0 Å². The number of rotatable bonds is 9. The summed E-state index contributed by atoms with van der Waals surface area (Å²) in [7, 11) is 0. The first kappa shape index (κ1) is 20.5. The predicted molar refractivity (Wildman–Crippen MR) is 121 cm³/mol. The minimum atomic E-state index is 0.671. The monoisotopic (exact) mass is 424 g/mol. The van der Waals surface area contributed by atoms with Crippen molar-refractivity contribution >= 4 is 28.0 Å². The van der Waals surface area contributed by atoms with Gasteiger partial charge in [-0.2, -0.15) is 9.47 Å². The maximum Gasteiger partial charge on any atom is 0.180 e. The molecule has 0 saturated carbocycles. The van der Waals surface area contributed by atoms with Crippen molar-refractivity contribution in [2.75, 3.05) is 11.9 Å². The Bertz CT molecular complexity index is 1130. The van der Waals surface area contributed by atoms with E-state index in [-0.39, 0.29) is 0 Å². The van der Waals surface area contributed by atoms with E-state index >= 15 is 0 Å². The Hall–Kier alpha value is -2.78. The number of imidazole rings is 1. The number of nitrogens with zero attached hydrogens (tertiary/aromatic N) is 6. The molecule has 4 heterocycles. The summed E-state index contributed by atoms with van der Waals surface area (Å²) < 4.78 is 8.53. The van der Waals surface area contributed by atoms with Crippen LogP contribution in [0.4, 0.5) is 10.8 Å². The molecule has 4 rings (SSSR count). The van der Waals surface area contributed by atoms with Crippen LogP contribution >= 0.6 is 11.5 Å². The van der Waals surface area contributed by atoms with Crippen LogP contribution in [0, 0.1) is 12.8 Å². The van der Waals surface area contributed by atoms with Crippen LogP contribution in [0.5, 0.6) is 0 Å². The van der Waals surface area contributed by atoms with Gasteiger partial charge < -0.3 is 10.6 Å². The largest absolute Gasteiger partial charge is 0.328 e. The fourth-order valence-corrected chi connectivity index (χ4v) is 3.90. The highest BCUT2D eigenvalue weighted by molar-refractivity contribution is 7.10. The molecule has 2 N–H and O–H groups in total. The molecule has 1 atom stereocenters. The molecule has 8 nitrogen and oxygen atoms in total. The van der Waals surface area contributed by atoms with Gasteiger partial charge in [-0.25, -0.2) is 9.97 Å². The van der Waals surface area contributed by atoms with Crippen molar-refractivity contribution in [3.8, 4) is 11.3 Å². The van der Waals surface area contributed by atoms with Crippen LogP contribution in [0.1, 0.15) is 38.6 Å². The SMILES string of the molecule is CCC(C)CNCc1cc(Nc2nc(C)cn3c(-c4cnn(CC)c4)cnc23)sn1. The molecule has 0 saturated heterocycles. The lowest BCUT2D eigenvalue weighted by Gasteiger charge is -2.08. The summed E-state index contributed by atoms with van der Waals surface area (Å²) in [5.41, 5.74) is 4.76. The molecule has 0 aliphatic heterocycles. The molecule has 0 aliphatic carbocycles. The van der Waals surface area contributed by atoms with Gasteiger partial charge in [-0.05, 0) is 43.9 Å². The van der Waals surface area contributed by atoms with Gasteiger partial charge in [0.2, 0.25) is 0 Å². The van der Waals surface area contributed by atoms with Crippen molar-refractivity contribution in [1.82, 2.24) is 33.8 Å². The van der Waals surface area contributed by atoms with Crippen LogP contribution in [0.15, 0.2) is 30.9 Å². The normalized spacial score (nSPS) is 12.5. The Morgan fingerprint density at radius 3 is 2.83 bits per heavy atom. The summed E-state index contributed by atoms with van der Waals surface area (Å²) in [6.07, 6.45) is 8.96. The number of hydrogen-bond donors (Lipinski definition) is 2. The third-order valence-corrected chi connectivity index (χ3v) is 5.90. The highest BCUT2D eigenvalue weighted by Crippen LogP contribution is 2.27. The second-order valence-corrected chi connectivity index (χ2v) is 8.41. The van der Waals surface area contributed by atoms with E-state index < -0.39 is 0 Å². The maximum absolute atomic E-state index is 4.68. The number of nitrogens with one attached hydrogen (secondary N) is 2. The number of aromatic nitrogens is 6. The van der Waals surface area contributed by atoms with E-state index in [4.69, 9.17) is 0 Å². The van der Waals surface area contributed by atoms with Crippen LogP contribution < -0.4 is 10.6 Å². The van der Waals surface area contributed by atoms with Gasteiger partial charge >= 0.3 is 0 Å². The molecule has 0 radical (unpaired) electrons. The Morgan fingerprint density at radius 1 is 1.20 bits per heavy atom.